The van der Waals surface area contributed by atoms with Crippen molar-refractivity contribution in [2.24, 2.45) is 10.8 Å². The van der Waals surface area contributed by atoms with E-state index in [1.807, 2.05) is 36.9 Å². The fourth-order valence-corrected chi connectivity index (χ4v) is 5.20. The SMILES string of the molecule is Cc1nc2ccc(NC(=O)N3CC4(C)CC3CC(C)(C)C4)cc2nc1C. The summed E-state index contributed by atoms with van der Waals surface area (Å²) in [7, 11) is 0. The number of hydrogen-bond donors (Lipinski definition) is 1. The van der Waals surface area contributed by atoms with E-state index in [-0.39, 0.29) is 11.4 Å². The van der Waals surface area contributed by atoms with E-state index in [4.69, 9.17) is 0 Å². The first-order valence-electron chi connectivity index (χ1n) is 9.47. The Morgan fingerprint density at radius 3 is 2.54 bits per heavy atom. The van der Waals surface area contributed by atoms with Crippen molar-refractivity contribution in [3.63, 3.8) is 0 Å². The van der Waals surface area contributed by atoms with Crippen molar-refractivity contribution >= 4 is 22.8 Å². The quantitative estimate of drug-likeness (QED) is 0.811. The zero-order chi connectivity index (χ0) is 18.7. The lowest BCUT2D eigenvalue weighted by molar-refractivity contribution is 0.130. The van der Waals surface area contributed by atoms with Gasteiger partial charge in [0.05, 0.1) is 22.4 Å². The number of hydrogen-bond acceptors (Lipinski definition) is 3. The number of benzene rings is 1. The minimum Gasteiger partial charge on any atom is -0.321 e. The maximum absolute atomic E-state index is 12.9. The van der Waals surface area contributed by atoms with Crippen molar-refractivity contribution < 1.29 is 4.79 Å². The van der Waals surface area contributed by atoms with Crippen LogP contribution >= 0.6 is 0 Å². The molecule has 26 heavy (non-hydrogen) atoms. The number of nitrogens with zero attached hydrogens (tertiary/aromatic N) is 3. The van der Waals surface area contributed by atoms with Crippen LogP contribution in [0.15, 0.2) is 18.2 Å². The van der Waals surface area contributed by atoms with Crippen LogP contribution in [-0.4, -0.2) is 33.5 Å². The highest BCUT2D eigenvalue weighted by Gasteiger charge is 2.51. The van der Waals surface area contributed by atoms with Crippen LogP contribution < -0.4 is 5.32 Å². The maximum Gasteiger partial charge on any atom is 0.322 e. The average molecular weight is 352 g/mol. The fourth-order valence-electron chi connectivity index (χ4n) is 5.20. The second-order valence-corrected chi connectivity index (χ2v) is 9.37. The monoisotopic (exact) mass is 352 g/mol. The van der Waals surface area contributed by atoms with Gasteiger partial charge in [0, 0.05) is 18.3 Å². The summed E-state index contributed by atoms with van der Waals surface area (Å²) in [6.45, 7) is 11.7. The van der Waals surface area contributed by atoms with Gasteiger partial charge in [0.25, 0.3) is 0 Å². The van der Waals surface area contributed by atoms with Crippen LogP contribution in [0.25, 0.3) is 11.0 Å². The Kier molecular flexibility index (Phi) is 3.76. The molecule has 4 rings (SSSR count). The molecule has 5 heteroatoms. The lowest BCUT2D eigenvalue weighted by Crippen LogP contribution is -2.40. The summed E-state index contributed by atoms with van der Waals surface area (Å²) in [6.07, 6.45) is 3.38. The molecule has 138 valence electrons. The molecular formula is C21H28N4O. The number of fused-ring (bicyclic) bond motifs is 3. The molecule has 1 saturated heterocycles. The molecule has 1 aliphatic heterocycles. The minimum absolute atomic E-state index is 0.00701. The average Bonchev–Trinajstić information content (AvgIpc) is 2.78. The van der Waals surface area contributed by atoms with Crippen molar-refractivity contribution in [2.45, 2.75) is 59.9 Å². The first-order valence-corrected chi connectivity index (χ1v) is 9.47. The number of carbonyl (C=O) groups is 1. The van der Waals surface area contributed by atoms with Crippen molar-refractivity contribution in [3.05, 3.63) is 29.6 Å². The van der Waals surface area contributed by atoms with Gasteiger partial charge >= 0.3 is 6.03 Å². The molecule has 2 aromatic rings. The molecule has 2 amide bonds. The summed E-state index contributed by atoms with van der Waals surface area (Å²) < 4.78 is 0. The van der Waals surface area contributed by atoms with Gasteiger partial charge in [0.1, 0.15) is 0 Å². The van der Waals surface area contributed by atoms with Gasteiger partial charge in [-0.1, -0.05) is 20.8 Å². The number of urea groups is 1. The van der Waals surface area contributed by atoms with Crippen LogP contribution in [0, 0.1) is 24.7 Å². The van der Waals surface area contributed by atoms with Crippen LogP contribution in [0.1, 0.15) is 51.4 Å². The molecule has 2 heterocycles. The van der Waals surface area contributed by atoms with E-state index in [1.54, 1.807) is 0 Å². The van der Waals surface area contributed by atoms with Crippen LogP contribution in [0.2, 0.25) is 0 Å². The summed E-state index contributed by atoms with van der Waals surface area (Å²) in [6, 6.07) is 6.11. The standard InChI is InChI=1S/C21H28N4O/c1-13-14(2)23-18-8-15(6-7-17(18)22-13)24-19(26)25-12-21(5)10-16(25)9-20(3,4)11-21/h6-8,16H,9-12H2,1-5H3,(H,24,26). The van der Waals surface area contributed by atoms with E-state index in [0.29, 0.717) is 11.5 Å². The normalized spacial score (nSPS) is 27.0. The number of rotatable bonds is 1. The molecule has 2 unspecified atom stereocenters. The van der Waals surface area contributed by atoms with Crippen molar-refractivity contribution in [3.8, 4) is 0 Å². The van der Waals surface area contributed by atoms with Crippen molar-refractivity contribution in [1.82, 2.24) is 14.9 Å². The Morgan fingerprint density at radius 2 is 1.81 bits per heavy atom. The van der Waals surface area contributed by atoms with Gasteiger partial charge in [-0.25, -0.2) is 14.8 Å². The molecule has 0 radical (unpaired) electrons. The van der Waals surface area contributed by atoms with Gasteiger partial charge in [-0.15, -0.1) is 0 Å². The van der Waals surface area contributed by atoms with Gasteiger partial charge in [-0.2, -0.15) is 0 Å². The van der Waals surface area contributed by atoms with Gasteiger partial charge in [-0.05, 0) is 62.1 Å². The summed E-state index contributed by atoms with van der Waals surface area (Å²) in [5, 5.41) is 3.09. The first-order chi connectivity index (χ1) is 12.1. The maximum atomic E-state index is 12.9. The minimum atomic E-state index is 0.00701. The number of aromatic nitrogens is 2. The number of likely N-dealkylation sites (tertiary alicyclic amines) is 1. The zero-order valence-corrected chi connectivity index (χ0v) is 16.4. The van der Waals surface area contributed by atoms with Crippen molar-refractivity contribution in [1.29, 1.82) is 0 Å². The molecule has 2 fully saturated rings. The number of anilines is 1. The third-order valence-electron chi connectivity index (χ3n) is 6.00. The highest BCUT2D eigenvalue weighted by atomic mass is 16.2. The molecule has 0 spiro atoms. The summed E-state index contributed by atoms with van der Waals surface area (Å²) in [5.41, 5.74) is 4.87. The summed E-state index contributed by atoms with van der Waals surface area (Å²) >= 11 is 0. The predicted octanol–water partition coefficient (Wildman–Crippen LogP) is 4.68. The van der Waals surface area contributed by atoms with E-state index in [0.717, 1.165) is 47.5 Å². The van der Waals surface area contributed by atoms with Crippen LogP contribution in [-0.2, 0) is 0 Å². The molecule has 2 bridgehead atoms. The van der Waals surface area contributed by atoms with Crippen molar-refractivity contribution in [2.75, 3.05) is 11.9 Å². The summed E-state index contributed by atoms with van der Waals surface area (Å²) in [4.78, 5) is 24.1. The van der Waals surface area contributed by atoms with Gasteiger partial charge in [-0.3, -0.25) is 0 Å². The molecule has 1 saturated carbocycles. The van der Waals surface area contributed by atoms with Gasteiger partial charge in [0.2, 0.25) is 0 Å². The molecule has 1 aromatic heterocycles. The molecule has 1 aliphatic carbocycles. The van der Waals surface area contributed by atoms with Crippen LogP contribution in [0.3, 0.4) is 0 Å². The van der Waals surface area contributed by atoms with Crippen LogP contribution in [0.5, 0.6) is 0 Å². The molecular weight excluding hydrogens is 324 g/mol. The van der Waals surface area contributed by atoms with E-state index < -0.39 is 0 Å². The topological polar surface area (TPSA) is 58.1 Å². The number of carbonyl (C=O) groups excluding carboxylic acids is 1. The van der Waals surface area contributed by atoms with E-state index in [2.05, 4.69) is 36.1 Å². The highest BCUT2D eigenvalue weighted by molar-refractivity contribution is 5.92. The molecule has 1 N–H and O–H groups in total. The molecule has 2 aliphatic rings. The lowest BCUT2D eigenvalue weighted by Gasteiger charge is -2.39. The number of amides is 2. The molecule has 2 atom stereocenters. The Morgan fingerprint density at radius 1 is 1.12 bits per heavy atom. The fraction of sp³-hybridized carbons (Fsp3) is 0.571. The van der Waals surface area contributed by atoms with Gasteiger partial charge in [0.15, 0.2) is 0 Å². The van der Waals surface area contributed by atoms with E-state index in [1.165, 1.54) is 6.42 Å². The second kappa shape index (κ2) is 5.66. The predicted molar refractivity (Wildman–Crippen MR) is 104 cm³/mol. The first kappa shape index (κ1) is 17.3. The van der Waals surface area contributed by atoms with Crippen LogP contribution in [0.4, 0.5) is 10.5 Å². The third kappa shape index (κ3) is 3.04. The Bertz CT molecular complexity index is 891. The van der Waals surface area contributed by atoms with Gasteiger partial charge < -0.3 is 10.2 Å². The zero-order valence-electron chi connectivity index (χ0n) is 16.4. The lowest BCUT2D eigenvalue weighted by atomic mass is 9.65. The van der Waals surface area contributed by atoms with E-state index in [9.17, 15) is 4.79 Å². The largest absolute Gasteiger partial charge is 0.322 e. The molecule has 1 aromatic carbocycles. The smallest absolute Gasteiger partial charge is 0.321 e. The number of aryl methyl sites for hydroxylation is 2. The summed E-state index contributed by atoms with van der Waals surface area (Å²) in [5.74, 6) is 0. The second-order valence-electron chi connectivity index (χ2n) is 9.37. The number of nitrogens with one attached hydrogen (secondary N) is 1. The molecule has 5 nitrogen and oxygen atoms in total. The highest BCUT2D eigenvalue weighted by Crippen LogP contribution is 2.52. The third-order valence-corrected chi connectivity index (χ3v) is 6.00. The Labute approximate surface area is 155 Å². The Balaban J connectivity index is 1.55. The van der Waals surface area contributed by atoms with E-state index >= 15 is 0 Å². The Hall–Kier alpha value is -2.17.